The molecule has 4 aromatic heterocycles. The molecule has 3 amide bonds. The molecule has 0 saturated carbocycles. The van der Waals surface area contributed by atoms with Gasteiger partial charge in [-0.1, -0.05) is 299 Å². The van der Waals surface area contributed by atoms with Gasteiger partial charge in [-0.05, 0) is 102 Å². The Bertz CT molecular complexity index is 6220. The summed E-state index contributed by atoms with van der Waals surface area (Å²) in [6.07, 6.45) is 11.0. The fourth-order valence-corrected chi connectivity index (χ4v) is 41.7. The largest absolute Gasteiger partial charge is 0.368 e. The summed E-state index contributed by atoms with van der Waals surface area (Å²) in [4.78, 5) is 86.1. The van der Waals surface area contributed by atoms with Gasteiger partial charge in [0.05, 0.1) is 44.5 Å². The van der Waals surface area contributed by atoms with Crippen LogP contribution in [0.2, 0.25) is 37.8 Å². The van der Waals surface area contributed by atoms with Crippen LogP contribution in [0.1, 0.15) is 146 Å². The number of nitrogens with one attached hydrogen (secondary N) is 3. The Morgan fingerprint density at radius 1 is 0.421 bits per heavy atom. The van der Waals surface area contributed by atoms with E-state index in [0.717, 1.165) is 76.3 Å². The van der Waals surface area contributed by atoms with Crippen molar-refractivity contribution >= 4 is 127 Å². The van der Waals surface area contributed by atoms with Crippen molar-refractivity contribution in [2.75, 3.05) is 55.4 Å². The first-order valence-electron chi connectivity index (χ1n) is 51.5. The van der Waals surface area contributed by atoms with Crippen LogP contribution in [0.25, 0.3) is 11.2 Å². The Morgan fingerprint density at radius 2 is 0.731 bits per heavy atom. The van der Waals surface area contributed by atoms with Gasteiger partial charge in [-0.2, -0.15) is 9.97 Å². The number of aryl methyl sites for hydroxylation is 2. The molecule has 12 fully saturated rings. The Hall–Kier alpha value is -9.40. The number of hydrogen-bond acceptors (Lipinski definition) is 25. The molecule has 3 N–H and O–H groups in total. The number of imidazole rings is 1. The average Bonchev–Trinajstić information content (AvgIpc) is 1.56. The summed E-state index contributed by atoms with van der Waals surface area (Å²) in [6.45, 7) is 28.6. The quantitative estimate of drug-likeness (QED) is 0.0278. The highest BCUT2D eigenvalue weighted by Crippen LogP contribution is 2.66. The maximum absolute atomic E-state index is 13.3. The van der Waals surface area contributed by atoms with E-state index in [0.29, 0.717) is 90.9 Å². The zero-order valence-electron chi connectivity index (χ0n) is 84.3. The van der Waals surface area contributed by atoms with E-state index in [2.05, 4.69) is 277 Å². The van der Waals surface area contributed by atoms with Crippen molar-refractivity contribution in [3.05, 3.63) is 275 Å². The maximum atomic E-state index is 13.3. The van der Waals surface area contributed by atoms with Crippen molar-refractivity contribution in [3.63, 3.8) is 0 Å². The van der Waals surface area contributed by atoms with E-state index in [-0.39, 0.29) is 71.7 Å². The van der Waals surface area contributed by atoms with Crippen LogP contribution in [0.3, 0.4) is 0 Å². The molecule has 0 radical (unpaired) electrons. The summed E-state index contributed by atoms with van der Waals surface area (Å²) in [5.74, 6) is -0.241. The van der Waals surface area contributed by atoms with E-state index in [1.807, 2.05) is 36.6 Å². The minimum Gasteiger partial charge on any atom is -0.368 e. The second-order valence-corrected chi connectivity index (χ2v) is 58.7. The number of carbonyl (C=O) groups excluding carboxylic acids is 3. The van der Waals surface area contributed by atoms with Crippen LogP contribution in [-0.4, -0.2) is 224 Å². The standard InChI is InChI=1S/C38H41N6O5PSi.2C35H45N4O6PSi/c1-3-38-23-46-32(37(47-38)43-25-41-31-34(39-24-40-35(31)43)42-36(45)26-14-7-4-8-15-26)33(38)49-50-44-21-13-20-29(44)30(48-50)22-51(2,27-16-9-5-10-17-27)28-18-11-6-12-19-28;2*1-6-35-22-42-29(33(43-35)38-20-24(4)31(37-34(38)41)36-32(40)23(2)3)30(35)45-46-39-19-13-18-27(39)28(44-46)21-47(5,25-14-9-7-10-15-25)26-16-11-8-12-17-26/h4-12,14-19,24-25,29-30,32-33,37H,3,13,20-23H2,1-2H3,(H,39,40,42,45);2*7-12,14-17,20,23,27-30,33H,6,13,18-19,21-22H2,1-5H3,(H,36,37,40,41)/t29-,30+,32?,33-,37-,38+,50+;27-,28+,29?,30+,33+,35-,46+;27-,28+,29?,30-,33-,35+,46+/m101/s1. The smallest absolute Gasteiger partial charge is 0.351 e. The molecule has 145 heavy (non-hydrogen) atoms. The van der Waals surface area contributed by atoms with Crippen molar-refractivity contribution in [3.8, 4) is 0 Å². The highest BCUT2D eigenvalue weighted by atomic mass is 31.2. The lowest BCUT2D eigenvalue weighted by Crippen LogP contribution is -2.58. The second kappa shape index (κ2) is 42.2. The minimum atomic E-state index is -2.14. The van der Waals surface area contributed by atoms with Crippen LogP contribution >= 0.6 is 25.6 Å². The molecule has 37 heteroatoms. The molecule has 11 aromatic rings. The van der Waals surface area contributed by atoms with Crippen molar-refractivity contribution in [2.24, 2.45) is 11.8 Å². The predicted molar refractivity (Wildman–Crippen MR) is 567 cm³/mol. The highest BCUT2D eigenvalue weighted by molar-refractivity contribution is 7.45. The highest BCUT2D eigenvalue weighted by Gasteiger charge is 2.69. The van der Waals surface area contributed by atoms with Gasteiger partial charge in [0.1, 0.15) is 95.6 Å². The van der Waals surface area contributed by atoms with Crippen LogP contribution < -0.4 is 58.5 Å². The third-order valence-electron chi connectivity index (χ3n) is 32.3. The van der Waals surface area contributed by atoms with Crippen molar-refractivity contribution in [2.45, 2.75) is 266 Å². The van der Waals surface area contributed by atoms with E-state index in [1.54, 1.807) is 58.5 Å². The Morgan fingerprint density at radius 3 is 1.04 bits per heavy atom. The predicted octanol–water partition coefficient (Wildman–Crippen LogP) is 14.7. The Labute approximate surface area is 853 Å². The van der Waals surface area contributed by atoms with Gasteiger partial charge in [0.15, 0.2) is 35.7 Å². The lowest BCUT2D eigenvalue weighted by molar-refractivity contribution is -0.175. The normalized spacial score (nSPS) is 29.7. The van der Waals surface area contributed by atoms with Gasteiger partial charge in [-0.25, -0.2) is 38.6 Å². The number of benzene rings is 7. The number of aromatic nitrogens is 8. The molecule has 762 valence electrons. The Balaban J connectivity index is 0.000000128. The average molecular weight is 2070 g/mol. The van der Waals surface area contributed by atoms with Crippen LogP contribution in [0.15, 0.2) is 247 Å². The summed E-state index contributed by atoms with van der Waals surface area (Å²) in [5, 5.41) is 16.9. The third-order valence-corrected chi connectivity index (χ3v) is 50.9. The molecular weight excluding hydrogens is 1940 g/mol. The number of fused-ring (bicyclic) bond motifs is 10. The molecule has 6 bridgehead atoms. The molecule has 12 aliphatic rings. The lowest BCUT2D eigenvalue weighted by Gasteiger charge is -2.32. The monoisotopic (exact) mass is 2070 g/mol. The maximum Gasteiger partial charge on any atom is 0.351 e. The van der Waals surface area contributed by atoms with Crippen LogP contribution in [0.4, 0.5) is 17.5 Å². The van der Waals surface area contributed by atoms with Gasteiger partial charge >= 0.3 is 11.4 Å². The second-order valence-electron chi connectivity index (χ2n) is 41.8. The molecule has 0 aliphatic carbocycles. The molecule has 23 rings (SSSR count). The molecule has 31 nitrogen and oxygen atoms in total. The number of carbonyl (C=O) groups is 3. The number of anilines is 3. The van der Waals surface area contributed by atoms with Crippen LogP contribution in [0, 0.1) is 25.7 Å². The molecule has 12 aliphatic heterocycles. The molecule has 7 aromatic carbocycles. The zero-order chi connectivity index (χ0) is 100. The molecule has 12 saturated heterocycles. The van der Waals surface area contributed by atoms with Gasteiger partial charge in [0, 0.05) is 78.7 Å². The first kappa shape index (κ1) is 101. The fourth-order valence-electron chi connectivity index (χ4n) is 23.6. The summed E-state index contributed by atoms with van der Waals surface area (Å²) in [6, 6.07) is 78.6. The molecule has 3 unspecified atom stereocenters. The van der Waals surface area contributed by atoms with E-state index in [9.17, 15) is 24.0 Å². The summed E-state index contributed by atoms with van der Waals surface area (Å²) < 4.78 is 93.6. The minimum absolute atomic E-state index is 0.0537. The first-order valence-corrected chi connectivity index (χ1v) is 63.0. The van der Waals surface area contributed by atoms with E-state index in [4.69, 9.17) is 55.6 Å². The number of ether oxygens (including phenoxy) is 6. The van der Waals surface area contributed by atoms with Crippen LogP contribution in [-0.2, 0) is 65.2 Å². The van der Waals surface area contributed by atoms with Gasteiger partial charge in [-0.15, -0.1) is 0 Å². The summed E-state index contributed by atoms with van der Waals surface area (Å²) in [7, 11) is -10.5. The van der Waals surface area contributed by atoms with E-state index < -0.39 is 121 Å². The van der Waals surface area contributed by atoms with Crippen LogP contribution in [0.5, 0.6) is 0 Å². The van der Waals surface area contributed by atoms with E-state index >= 15 is 0 Å². The summed E-state index contributed by atoms with van der Waals surface area (Å²) >= 11 is 0. The molecule has 21 atom stereocenters. The van der Waals surface area contributed by atoms with Crippen molar-refractivity contribution in [1.82, 2.24) is 52.6 Å². The molecule has 16 heterocycles. The van der Waals surface area contributed by atoms with Gasteiger partial charge < -0.3 is 71.5 Å². The van der Waals surface area contributed by atoms with Gasteiger partial charge in [0.25, 0.3) is 31.5 Å². The van der Waals surface area contributed by atoms with E-state index in [1.165, 1.54) is 46.6 Å². The number of hydrogen-bond donors (Lipinski definition) is 3. The molecule has 0 spiro atoms. The zero-order valence-corrected chi connectivity index (χ0v) is 89.9. The first-order chi connectivity index (χ1) is 70.2. The van der Waals surface area contributed by atoms with Crippen molar-refractivity contribution < 1.29 is 69.9 Å². The SMILES string of the molecule is CC[C@@]12COC([C@H](n3cc(C)c(NC(=O)C(C)C)nc3=O)O1)[C@H]2O[P@@]1O[C@H](C[Si](C)(c2ccccc2)c2ccccc2)[C@@H]2CCCN21.CC[C@@]12COC([C@H](n3cc(C)c(NC(=O)C(C)C)nc3=O)O1)[C@H]2O[P@]1O[C@@H](C[Si](C)(c2ccccc2)c2ccccc2)[C@H]2CCCN21.CC[C@@]12COC([C@H](n3cnc4c(NC(=O)c5ccccc5)ncnc43)O1)[C@H]2O[P@]1O[C@@H](C[Si](C)(c2ccccc2)c2ccccc2)[C@H]2CCCN21. The summed E-state index contributed by atoms with van der Waals surface area (Å²) in [5.41, 5.74) is -0.161. The van der Waals surface area contributed by atoms with Gasteiger partial charge in [0.2, 0.25) is 11.8 Å². The number of amides is 3. The number of rotatable bonds is 30. The topological polar surface area (TPSA) is 321 Å². The van der Waals surface area contributed by atoms with Crippen molar-refractivity contribution in [1.29, 1.82) is 0 Å². The molecular formula is C108H131N14O17P3Si3. The fraction of sp³-hybridized carbons (Fsp3) is 0.463. The third kappa shape index (κ3) is 19.3. The number of nitrogens with zero attached hydrogens (tertiary/aromatic N) is 11. The lowest BCUT2D eigenvalue weighted by atomic mass is 9.96. The van der Waals surface area contributed by atoms with Gasteiger partial charge in [-0.3, -0.25) is 28.1 Å². The Kier molecular flexibility index (Phi) is 29.5.